The zero-order valence-electron chi connectivity index (χ0n) is 26.3. The van der Waals surface area contributed by atoms with Crippen LogP contribution in [0.25, 0.3) is 0 Å². The summed E-state index contributed by atoms with van der Waals surface area (Å²) < 4.78 is 23.3. The first kappa shape index (κ1) is 35.8. The van der Waals surface area contributed by atoms with E-state index in [1.807, 2.05) is 30.3 Å². The molecule has 0 radical (unpaired) electrons. The molecule has 0 N–H and O–H groups in total. The van der Waals surface area contributed by atoms with Crippen molar-refractivity contribution in [2.24, 2.45) is 0 Å². The maximum Gasteiger partial charge on any atom is 0.305 e. The van der Waals surface area contributed by atoms with Crippen molar-refractivity contribution in [1.82, 2.24) is 0 Å². The van der Waals surface area contributed by atoms with Gasteiger partial charge in [0.1, 0.15) is 5.75 Å². The van der Waals surface area contributed by atoms with Crippen molar-refractivity contribution in [3.05, 3.63) is 54.1 Å². The molecule has 1 aromatic carbocycles. The number of hydrogen-bond acceptors (Lipinski definition) is 6. The van der Waals surface area contributed by atoms with Gasteiger partial charge >= 0.3 is 5.97 Å². The fourth-order valence-corrected chi connectivity index (χ4v) is 5.13. The third-order valence-electron chi connectivity index (χ3n) is 7.50. The van der Waals surface area contributed by atoms with E-state index < -0.39 is 8.32 Å². The van der Waals surface area contributed by atoms with Gasteiger partial charge in [0.15, 0.2) is 14.1 Å². The largest absolute Gasteiger partial charge is 0.497 e. The lowest BCUT2D eigenvalue weighted by atomic mass is 10.1. The van der Waals surface area contributed by atoms with Crippen molar-refractivity contribution in [2.45, 2.75) is 122 Å². The van der Waals surface area contributed by atoms with Gasteiger partial charge in [-0.15, -0.1) is 0 Å². The number of carbonyl (C=O) groups excluding carboxylic acids is 2. The van der Waals surface area contributed by atoms with Gasteiger partial charge in [0, 0.05) is 12.8 Å². The first-order chi connectivity index (χ1) is 18.9. The predicted molar refractivity (Wildman–Crippen MR) is 166 cm³/mol. The Kier molecular flexibility index (Phi) is 17.0. The average Bonchev–Trinajstić information content (AvgIpc) is 2.91. The van der Waals surface area contributed by atoms with Gasteiger partial charge < -0.3 is 18.6 Å². The summed E-state index contributed by atoms with van der Waals surface area (Å²) in [5.74, 6) is 0.760. The summed E-state index contributed by atoms with van der Waals surface area (Å²) in [5, 5.41) is 0.0246. The normalized spacial score (nSPS) is 14.0. The van der Waals surface area contributed by atoms with Gasteiger partial charge in [0.2, 0.25) is 0 Å². The number of ether oxygens (including phenoxy) is 3. The van der Waals surface area contributed by atoms with Crippen LogP contribution < -0.4 is 4.74 Å². The summed E-state index contributed by atoms with van der Waals surface area (Å²) in [5.41, 5.74) is 1.06. The van der Waals surface area contributed by atoms with Crippen LogP contribution >= 0.6 is 0 Å². The molecule has 0 bridgehead atoms. The van der Waals surface area contributed by atoms with E-state index in [4.69, 9.17) is 13.9 Å². The molecule has 1 aromatic rings. The fraction of sp³-hybridized carbons (Fsp3) is 0.636. The monoisotopic (exact) mass is 574 g/mol. The molecule has 0 aliphatic rings. The lowest BCUT2D eigenvalue weighted by molar-refractivity contribution is -0.140. The second-order valence-corrected chi connectivity index (χ2v) is 16.6. The zero-order chi connectivity index (χ0) is 30.0. The van der Waals surface area contributed by atoms with Crippen molar-refractivity contribution in [2.75, 3.05) is 14.2 Å². The van der Waals surface area contributed by atoms with Crippen LogP contribution in [0, 0.1) is 0 Å². The van der Waals surface area contributed by atoms with Crippen LogP contribution in [0.2, 0.25) is 18.1 Å². The summed E-state index contributed by atoms with van der Waals surface area (Å²) in [6.07, 6.45) is 14.6. The molecular formula is C33H54O6Si. The third kappa shape index (κ3) is 14.4. The molecule has 0 heterocycles. The fourth-order valence-electron chi connectivity index (χ4n) is 3.86. The number of ketones is 1. The Morgan fingerprint density at radius 1 is 0.925 bits per heavy atom. The minimum Gasteiger partial charge on any atom is -0.497 e. The molecule has 0 saturated carbocycles. The highest BCUT2D eigenvalue weighted by molar-refractivity contribution is 6.74. The number of allylic oxidation sites excluding steroid dienone is 2. The van der Waals surface area contributed by atoms with Crippen LogP contribution in [0.3, 0.4) is 0 Å². The zero-order valence-corrected chi connectivity index (χ0v) is 27.3. The average molecular weight is 575 g/mol. The molecule has 40 heavy (non-hydrogen) atoms. The minimum absolute atomic E-state index is 0.0246. The van der Waals surface area contributed by atoms with Crippen molar-refractivity contribution in [3.8, 4) is 5.75 Å². The van der Waals surface area contributed by atoms with Crippen LogP contribution in [0.4, 0.5) is 0 Å². The van der Waals surface area contributed by atoms with E-state index in [1.165, 1.54) is 7.11 Å². The number of hydrogen-bond donors (Lipinski definition) is 0. The van der Waals surface area contributed by atoms with Gasteiger partial charge in [-0.3, -0.25) is 9.59 Å². The maximum atomic E-state index is 12.8. The van der Waals surface area contributed by atoms with Crippen molar-refractivity contribution in [3.63, 3.8) is 0 Å². The summed E-state index contributed by atoms with van der Waals surface area (Å²) in [6.45, 7) is 13.7. The Bertz CT molecular complexity index is 914. The van der Waals surface area contributed by atoms with E-state index in [-0.39, 0.29) is 29.0 Å². The van der Waals surface area contributed by atoms with E-state index >= 15 is 0 Å². The summed E-state index contributed by atoms with van der Waals surface area (Å²) >= 11 is 0. The summed E-state index contributed by atoms with van der Waals surface area (Å²) in [6, 6.07) is 7.89. The molecule has 2 atom stereocenters. The molecule has 226 valence electrons. The van der Waals surface area contributed by atoms with Gasteiger partial charge in [0.05, 0.1) is 33.0 Å². The Labute approximate surface area is 244 Å². The lowest BCUT2D eigenvalue weighted by Gasteiger charge is -2.40. The van der Waals surface area contributed by atoms with E-state index in [1.54, 1.807) is 13.2 Å². The molecule has 7 heteroatoms. The molecule has 0 fully saturated rings. The molecule has 6 nitrogen and oxygen atoms in total. The molecular weight excluding hydrogens is 520 g/mol. The molecule has 1 rings (SSSR count). The van der Waals surface area contributed by atoms with Crippen LogP contribution in [0.1, 0.15) is 91.0 Å². The second-order valence-electron chi connectivity index (χ2n) is 11.8. The summed E-state index contributed by atoms with van der Waals surface area (Å²) in [4.78, 5) is 24.0. The van der Waals surface area contributed by atoms with Gasteiger partial charge in [-0.1, -0.05) is 77.3 Å². The molecule has 0 aliphatic carbocycles. The molecule has 0 spiro atoms. The van der Waals surface area contributed by atoms with Crippen molar-refractivity contribution < 1.29 is 28.2 Å². The summed E-state index contributed by atoms with van der Waals surface area (Å²) in [7, 11) is 0.934. The Morgan fingerprint density at radius 2 is 1.55 bits per heavy atom. The Balaban J connectivity index is 2.92. The highest BCUT2D eigenvalue weighted by Gasteiger charge is 2.40. The Hall–Kier alpha value is -2.22. The number of carbonyl (C=O) groups is 2. The molecule has 0 amide bonds. The number of benzene rings is 1. The van der Waals surface area contributed by atoms with E-state index in [0.29, 0.717) is 25.9 Å². The topological polar surface area (TPSA) is 71.1 Å². The number of unbranched alkanes of at least 4 members (excludes halogenated alkanes) is 4. The smallest absolute Gasteiger partial charge is 0.305 e. The predicted octanol–water partition coefficient (Wildman–Crippen LogP) is 8.36. The highest BCUT2D eigenvalue weighted by atomic mass is 28.4. The number of esters is 1. The van der Waals surface area contributed by atoms with Gasteiger partial charge in [-0.2, -0.15) is 0 Å². The van der Waals surface area contributed by atoms with E-state index in [2.05, 4.69) is 57.7 Å². The first-order valence-electron chi connectivity index (χ1n) is 14.8. The van der Waals surface area contributed by atoms with E-state index in [0.717, 1.165) is 49.8 Å². The third-order valence-corrected chi connectivity index (χ3v) is 12.0. The van der Waals surface area contributed by atoms with Crippen molar-refractivity contribution in [1.29, 1.82) is 0 Å². The van der Waals surface area contributed by atoms with Crippen LogP contribution in [0.15, 0.2) is 48.6 Å². The SMILES string of the molecule is CC/C=C\C[C@H](OCc1ccc(OC)cc1)[C@@H](/C=C/C(=O)CCCCCCCC(=O)OC)O[Si](C)(C)C(C)(C)C. The molecule has 0 unspecified atom stereocenters. The van der Waals surface area contributed by atoms with Crippen LogP contribution in [-0.4, -0.2) is 46.5 Å². The van der Waals surface area contributed by atoms with E-state index in [9.17, 15) is 9.59 Å². The quantitative estimate of drug-likeness (QED) is 0.0512. The van der Waals surface area contributed by atoms with Gasteiger partial charge in [-0.25, -0.2) is 0 Å². The molecule has 0 aromatic heterocycles. The minimum atomic E-state index is -2.14. The standard InChI is InChI=1S/C33H54O6Si/c1-9-10-14-18-30(38-26-27-20-23-29(36-5)24-21-27)31(39-40(7,8)33(2,3)4)25-22-28(34)17-15-12-11-13-16-19-32(35)37-6/h10,14,20-25,30-31H,9,11-13,15-19,26H2,1-8H3/b14-10-,25-22+/t30-,31+/m0/s1. The van der Waals surface area contributed by atoms with Crippen LogP contribution in [-0.2, 0) is 30.1 Å². The molecule has 0 aliphatic heterocycles. The maximum absolute atomic E-state index is 12.8. The van der Waals surface area contributed by atoms with Crippen LogP contribution in [0.5, 0.6) is 5.75 Å². The lowest BCUT2D eigenvalue weighted by Crippen LogP contribution is -2.47. The number of rotatable bonds is 20. The first-order valence-corrected chi connectivity index (χ1v) is 17.7. The number of methoxy groups -OCH3 is 2. The molecule has 0 saturated heterocycles. The van der Waals surface area contributed by atoms with Gasteiger partial charge in [0.25, 0.3) is 0 Å². The Morgan fingerprint density at radius 3 is 2.12 bits per heavy atom. The van der Waals surface area contributed by atoms with Gasteiger partial charge in [-0.05, 0) is 67.6 Å². The highest BCUT2D eigenvalue weighted by Crippen LogP contribution is 2.38. The van der Waals surface area contributed by atoms with Crippen molar-refractivity contribution >= 4 is 20.1 Å². The second kappa shape index (κ2) is 19.0.